The molecule has 0 atom stereocenters. The van der Waals surface area contributed by atoms with Crippen molar-refractivity contribution in [2.75, 3.05) is 41.8 Å². The van der Waals surface area contributed by atoms with Crippen molar-refractivity contribution < 1.29 is 14.3 Å². The minimum Gasteiger partial charge on any atom is -0.378 e. The molecule has 140 valence electrons. The summed E-state index contributed by atoms with van der Waals surface area (Å²) in [5.74, 6) is -0.308. The standard InChI is InChI=1S/C21H23N3O3/c1-16(25)22-18-8-5-17(6-9-18)7-10-21(26)23-19-3-2-4-20(15-19)24-11-13-27-14-12-24/h2-10,15H,11-14H2,1H3,(H,22,25)(H,23,26). The van der Waals surface area contributed by atoms with Crippen molar-refractivity contribution in [3.05, 3.63) is 60.2 Å². The maximum Gasteiger partial charge on any atom is 0.248 e. The minimum absolute atomic E-state index is 0.114. The van der Waals surface area contributed by atoms with Crippen LogP contribution in [-0.2, 0) is 14.3 Å². The first-order chi connectivity index (χ1) is 13.1. The number of anilines is 3. The fourth-order valence-corrected chi connectivity index (χ4v) is 2.84. The van der Waals surface area contributed by atoms with Crippen LogP contribution in [0.15, 0.2) is 54.6 Å². The number of nitrogens with zero attached hydrogens (tertiary/aromatic N) is 1. The molecule has 0 saturated carbocycles. The molecule has 3 rings (SSSR count). The van der Waals surface area contributed by atoms with Gasteiger partial charge >= 0.3 is 0 Å². The molecule has 1 aliphatic heterocycles. The number of nitrogens with one attached hydrogen (secondary N) is 2. The second-order valence-corrected chi connectivity index (χ2v) is 6.28. The molecule has 2 N–H and O–H groups in total. The number of hydrogen-bond acceptors (Lipinski definition) is 4. The lowest BCUT2D eigenvalue weighted by Gasteiger charge is -2.29. The Bertz CT molecular complexity index is 825. The van der Waals surface area contributed by atoms with Crippen molar-refractivity contribution in [3.8, 4) is 0 Å². The Balaban J connectivity index is 1.58. The van der Waals surface area contributed by atoms with E-state index < -0.39 is 0 Å². The highest BCUT2D eigenvalue weighted by molar-refractivity contribution is 6.02. The Morgan fingerprint density at radius 2 is 1.74 bits per heavy atom. The average molecular weight is 365 g/mol. The molecule has 0 bridgehead atoms. The van der Waals surface area contributed by atoms with E-state index in [1.165, 1.54) is 13.0 Å². The number of rotatable bonds is 5. The van der Waals surface area contributed by atoms with Gasteiger partial charge in [0.1, 0.15) is 0 Å². The zero-order valence-corrected chi connectivity index (χ0v) is 15.3. The van der Waals surface area contributed by atoms with Gasteiger partial charge in [0.2, 0.25) is 11.8 Å². The van der Waals surface area contributed by atoms with E-state index in [1.807, 2.05) is 36.4 Å². The minimum atomic E-state index is -0.194. The molecule has 2 aromatic carbocycles. The Labute approximate surface area is 158 Å². The van der Waals surface area contributed by atoms with Crippen molar-refractivity contribution >= 4 is 35.0 Å². The summed E-state index contributed by atoms with van der Waals surface area (Å²) in [6, 6.07) is 15.1. The molecule has 0 radical (unpaired) electrons. The first kappa shape index (κ1) is 18.7. The van der Waals surface area contributed by atoms with Crippen LogP contribution in [0.2, 0.25) is 0 Å². The van der Waals surface area contributed by atoms with Crippen molar-refractivity contribution in [1.29, 1.82) is 0 Å². The molecule has 2 amide bonds. The van der Waals surface area contributed by atoms with E-state index in [4.69, 9.17) is 4.74 Å². The largest absolute Gasteiger partial charge is 0.378 e. The molecule has 1 aliphatic rings. The molecule has 0 unspecified atom stereocenters. The third-order valence-corrected chi connectivity index (χ3v) is 4.15. The summed E-state index contributed by atoms with van der Waals surface area (Å²) >= 11 is 0. The molecule has 6 nitrogen and oxygen atoms in total. The normalized spacial score (nSPS) is 14.2. The molecule has 1 saturated heterocycles. The number of carbonyl (C=O) groups excluding carboxylic acids is 2. The van der Waals surface area contributed by atoms with Crippen LogP contribution < -0.4 is 15.5 Å². The maximum atomic E-state index is 12.2. The van der Waals surface area contributed by atoms with Crippen molar-refractivity contribution in [3.63, 3.8) is 0 Å². The second-order valence-electron chi connectivity index (χ2n) is 6.28. The van der Waals surface area contributed by atoms with Gasteiger partial charge in [0, 0.05) is 43.2 Å². The van der Waals surface area contributed by atoms with Gasteiger partial charge in [-0.3, -0.25) is 9.59 Å². The summed E-state index contributed by atoms with van der Waals surface area (Å²) in [6.07, 6.45) is 3.23. The number of ether oxygens (including phenoxy) is 1. The Morgan fingerprint density at radius 1 is 1.00 bits per heavy atom. The molecule has 6 heteroatoms. The van der Waals surface area contributed by atoms with E-state index in [0.717, 1.165) is 48.9 Å². The van der Waals surface area contributed by atoms with Gasteiger partial charge in [-0.05, 0) is 42.0 Å². The topological polar surface area (TPSA) is 70.7 Å². The highest BCUT2D eigenvalue weighted by Gasteiger charge is 2.11. The number of carbonyl (C=O) groups is 2. The number of benzene rings is 2. The molecule has 1 heterocycles. The van der Waals surface area contributed by atoms with Gasteiger partial charge in [0.05, 0.1) is 13.2 Å². The van der Waals surface area contributed by atoms with Crippen LogP contribution in [0.1, 0.15) is 12.5 Å². The fraction of sp³-hybridized carbons (Fsp3) is 0.238. The lowest BCUT2D eigenvalue weighted by Crippen LogP contribution is -2.36. The third-order valence-electron chi connectivity index (χ3n) is 4.15. The van der Waals surface area contributed by atoms with Crippen LogP contribution in [-0.4, -0.2) is 38.1 Å². The van der Waals surface area contributed by atoms with Crippen molar-refractivity contribution in [2.24, 2.45) is 0 Å². The summed E-state index contributed by atoms with van der Waals surface area (Å²) in [5.41, 5.74) is 3.44. The molecule has 0 spiro atoms. The van der Waals surface area contributed by atoms with E-state index in [-0.39, 0.29) is 11.8 Å². The summed E-state index contributed by atoms with van der Waals surface area (Å²) in [4.78, 5) is 25.5. The van der Waals surface area contributed by atoms with Crippen LogP contribution >= 0.6 is 0 Å². The van der Waals surface area contributed by atoms with E-state index in [9.17, 15) is 9.59 Å². The van der Waals surface area contributed by atoms with E-state index in [2.05, 4.69) is 15.5 Å². The van der Waals surface area contributed by atoms with Gasteiger partial charge in [-0.15, -0.1) is 0 Å². The molecule has 0 aliphatic carbocycles. The summed E-state index contributed by atoms with van der Waals surface area (Å²) in [7, 11) is 0. The third kappa shape index (κ3) is 5.69. The van der Waals surface area contributed by atoms with Crippen LogP contribution in [0.4, 0.5) is 17.1 Å². The quantitative estimate of drug-likeness (QED) is 0.799. The monoisotopic (exact) mass is 365 g/mol. The highest BCUT2D eigenvalue weighted by atomic mass is 16.5. The summed E-state index contributed by atoms with van der Waals surface area (Å²) in [6.45, 7) is 4.61. The Morgan fingerprint density at radius 3 is 2.44 bits per heavy atom. The summed E-state index contributed by atoms with van der Waals surface area (Å²) < 4.78 is 5.37. The zero-order valence-electron chi connectivity index (χ0n) is 15.3. The predicted octanol–water partition coefficient (Wildman–Crippen LogP) is 3.13. The zero-order chi connectivity index (χ0) is 19.1. The van der Waals surface area contributed by atoms with Crippen LogP contribution in [0.25, 0.3) is 6.08 Å². The lowest BCUT2D eigenvalue weighted by molar-refractivity contribution is -0.114. The van der Waals surface area contributed by atoms with Crippen LogP contribution in [0, 0.1) is 0 Å². The Kier molecular flexibility index (Phi) is 6.22. The smallest absolute Gasteiger partial charge is 0.248 e. The lowest BCUT2D eigenvalue weighted by atomic mass is 10.2. The van der Waals surface area contributed by atoms with E-state index in [0.29, 0.717) is 0 Å². The second kappa shape index (κ2) is 9.00. The average Bonchev–Trinajstić information content (AvgIpc) is 2.68. The first-order valence-electron chi connectivity index (χ1n) is 8.90. The number of hydrogen-bond donors (Lipinski definition) is 2. The first-order valence-corrected chi connectivity index (χ1v) is 8.90. The molecular formula is C21H23N3O3. The van der Waals surface area contributed by atoms with Gasteiger partial charge in [0.25, 0.3) is 0 Å². The van der Waals surface area contributed by atoms with E-state index >= 15 is 0 Å². The van der Waals surface area contributed by atoms with Crippen molar-refractivity contribution in [1.82, 2.24) is 0 Å². The number of morpholine rings is 1. The summed E-state index contributed by atoms with van der Waals surface area (Å²) in [5, 5.41) is 5.60. The molecule has 1 fully saturated rings. The predicted molar refractivity (Wildman–Crippen MR) is 108 cm³/mol. The molecule has 2 aromatic rings. The van der Waals surface area contributed by atoms with Crippen LogP contribution in [0.3, 0.4) is 0 Å². The van der Waals surface area contributed by atoms with Gasteiger partial charge in [-0.25, -0.2) is 0 Å². The van der Waals surface area contributed by atoms with Gasteiger partial charge in [-0.1, -0.05) is 18.2 Å². The van der Waals surface area contributed by atoms with Gasteiger partial charge in [-0.2, -0.15) is 0 Å². The van der Waals surface area contributed by atoms with Crippen LogP contribution in [0.5, 0.6) is 0 Å². The van der Waals surface area contributed by atoms with Gasteiger partial charge < -0.3 is 20.3 Å². The highest BCUT2D eigenvalue weighted by Crippen LogP contribution is 2.20. The maximum absolute atomic E-state index is 12.2. The SMILES string of the molecule is CC(=O)Nc1ccc(C=CC(=O)Nc2cccc(N3CCOCC3)c2)cc1. The molecule has 0 aromatic heterocycles. The van der Waals surface area contributed by atoms with E-state index in [1.54, 1.807) is 18.2 Å². The molecular weight excluding hydrogens is 342 g/mol. The molecule has 27 heavy (non-hydrogen) atoms. The van der Waals surface area contributed by atoms with Gasteiger partial charge in [0.15, 0.2) is 0 Å². The number of amides is 2. The van der Waals surface area contributed by atoms with Crippen molar-refractivity contribution in [2.45, 2.75) is 6.92 Å². The Hall–Kier alpha value is -3.12. The fourth-order valence-electron chi connectivity index (χ4n) is 2.84.